The lowest BCUT2D eigenvalue weighted by Gasteiger charge is -2.42. The zero-order valence-corrected chi connectivity index (χ0v) is 11.6. The fraction of sp³-hybridized carbons (Fsp3) is 0.786. The van der Waals surface area contributed by atoms with E-state index in [0.717, 1.165) is 19.4 Å². The van der Waals surface area contributed by atoms with Gasteiger partial charge in [-0.2, -0.15) is 0 Å². The maximum Gasteiger partial charge on any atom is 0.227 e. The van der Waals surface area contributed by atoms with Crippen LogP contribution in [0.1, 0.15) is 32.1 Å². The Bertz CT molecular complexity index is 427. The van der Waals surface area contributed by atoms with Crippen LogP contribution >= 0.6 is 0 Å². The van der Waals surface area contributed by atoms with E-state index in [1.807, 2.05) is 4.90 Å². The lowest BCUT2D eigenvalue weighted by Crippen LogP contribution is -2.56. The number of piperidine rings is 3. The molecule has 2 N–H and O–H groups in total. The van der Waals surface area contributed by atoms with Gasteiger partial charge in [0.25, 0.3) is 0 Å². The summed E-state index contributed by atoms with van der Waals surface area (Å²) < 4.78 is 0. The molecule has 3 saturated heterocycles. The van der Waals surface area contributed by atoms with Gasteiger partial charge in [0.2, 0.25) is 17.7 Å². The molecule has 3 amide bonds. The van der Waals surface area contributed by atoms with Crippen LogP contribution in [0, 0.1) is 11.8 Å². The van der Waals surface area contributed by atoms with Crippen LogP contribution in [0.25, 0.3) is 0 Å². The molecule has 6 nitrogen and oxygen atoms in total. The molecule has 0 saturated carbocycles. The number of carbonyl (C=O) groups excluding carboxylic acids is 3. The van der Waals surface area contributed by atoms with E-state index in [2.05, 4.69) is 10.6 Å². The van der Waals surface area contributed by atoms with Crippen molar-refractivity contribution in [3.63, 3.8) is 0 Å². The molecular formula is C14H21N3O3. The van der Waals surface area contributed by atoms with Crippen LogP contribution in [0.5, 0.6) is 0 Å². The van der Waals surface area contributed by atoms with Gasteiger partial charge in [0.15, 0.2) is 0 Å². The molecular weight excluding hydrogens is 258 g/mol. The van der Waals surface area contributed by atoms with Crippen molar-refractivity contribution in [1.82, 2.24) is 15.5 Å². The molecule has 0 radical (unpaired) electrons. The Morgan fingerprint density at radius 3 is 2.65 bits per heavy atom. The van der Waals surface area contributed by atoms with Gasteiger partial charge in [-0.05, 0) is 25.2 Å². The summed E-state index contributed by atoms with van der Waals surface area (Å²) in [6.07, 6.45) is 3.41. The minimum Gasteiger partial charge on any atom is -0.355 e. The molecule has 0 spiro atoms. The summed E-state index contributed by atoms with van der Waals surface area (Å²) in [7, 11) is 0. The normalized spacial score (nSPS) is 34.0. The van der Waals surface area contributed by atoms with Crippen LogP contribution in [0.4, 0.5) is 0 Å². The van der Waals surface area contributed by atoms with Gasteiger partial charge in [0.1, 0.15) is 0 Å². The Morgan fingerprint density at radius 1 is 1.10 bits per heavy atom. The fourth-order valence-corrected chi connectivity index (χ4v) is 3.51. The van der Waals surface area contributed by atoms with E-state index in [0.29, 0.717) is 38.3 Å². The minimum absolute atomic E-state index is 0.0442. The maximum atomic E-state index is 12.5. The van der Waals surface area contributed by atoms with Crippen molar-refractivity contribution >= 4 is 17.7 Å². The van der Waals surface area contributed by atoms with Crippen molar-refractivity contribution < 1.29 is 14.4 Å². The Morgan fingerprint density at radius 2 is 1.90 bits per heavy atom. The van der Waals surface area contributed by atoms with E-state index in [4.69, 9.17) is 0 Å². The highest BCUT2D eigenvalue weighted by Gasteiger charge is 2.37. The molecule has 0 bridgehead atoms. The van der Waals surface area contributed by atoms with Gasteiger partial charge >= 0.3 is 0 Å². The van der Waals surface area contributed by atoms with E-state index in [-0.39, 0.29) is 29.7 Å². The van der Waals surface area contributed by atoms with Crippen LogP contribution in [-0.4, -0.2) is 48.3 Å². The van der Waals surface area contributed by atoms with E-state index in [1.54, 1.807) is 0 Å². The van der Waals surface area contributed by atoms with Crippen molar-refractivity contribution in [2.24, 2.45) is 11.8 Å². The van der Waals surface area contributed by atoms with Crippen molar-refractivity contribution in [2.45, 2.75) is 38.1 Å². The van der Waals surface area contributed by atoms with Gasteiger partial charge in [-0.15, -0.1) is 0 Å². The van der Waals surface area contributed by atoms with Crippen molar-refractivity contribution in [2.75, 3.05) is 19.6 Å². The zero-order chi connectivity index (χ0) is 14.1. The third-order valence-corrected chi connectivity index (χ3v) is 4.75. The highest BCUT2D eigenvalue weighted by molar-refractivity contribution is 5.84. The summed E-state index contributed by atoms with van der Waals surface area (Å²) in [5.74, 6) is 0.676. The van der Waals surface area contributed by atoms with E-state index < -0.39 is 0 Å². The highest BCUT2D eigenvalue weighted by atomic mass is 16.2. The van der Waals surface area contributed by atoms with Crippen molar-refractivity contribution in [3.8, 4) is 0 Å². The summed E-state index contributed by atoms with van der Waals surface area (Å²) in [5, 5.41) is 5.80. The van der Waals surface area contributed by atoms with Gasteiger partial charge in [-0.25, -0.2) is 0 Å². The number of fused-ring (bicyclic) bond motifs is 1. The molecule has 0 aliphatic carbocycles. The first-order valence-electron chi connectivity index (χ1n) is 7.48. The van der Waals surface area contributed by atoms with Gasteiger partial charge < -0.3 is 15.5 Å². The van der Waals surface area contributed by atoms with Gasteiger partial charge in [0.05, 0.1) is 5.92 Å². The molecule has 0 aromatic rings. The van der Waals surface area contributed by atoms with Crippen LogP contribution in [0.15, 0.2) is 0 Å². The number of nitrogens with one attached hydrogen (secondary N) is 2. The average Bonchev–Trinajstić information content (AvgIpc) is 2.47. The summed E-state index contributed by atoms with van der Waals surface area (Å²) in [4.78, 5) is 36.9. The predicted octanol–water partition coefficient (Wildman–Crippen LogP) is -0.360. The fourth-order valence-electron chi connectivity index (χ4n) is 3.51. The Labute approximate surface area is 118 Å². The van der Waals surface area contributed by atoms with E-state index in [1.165, 1.54) is 0 Å². The van der Waals surface area contributed by atoms with Gasteiger partial charge in [-0.3, -0.25) is 14.4 Å². The second-order valence-electron chi connectivity index (χ2n) is 6.09. The summed E-state index contributed by atoms with van der Waals surface area (Å²) in [5.41, 5.74) is 0. The van der Waals surface area contributed by atoms with Crippen molar-refractivity contribution in [3.05, 3.63) is 0 Å². The molecule has 3 aliphatic rings. The van der Waals surface area contributed by atoms with Crippen molar-refractivity contribution in [1.29, 1.82) is 0 Å². The second kappa shape index (κ2) is 5.42. The molecule has 3 fully saturated rings. The third-order valence-electron chi connectivity index (χ3n) is 4.75. The van der Waals surface area contributed by atoms with Crippen LogP contribution in [0.2, 0.25) is 0 Å². The zero-order valence-electron chi connectivity index (χ0n) is 11.6. The van der Waals surface area contributed by atoms with Crippen LogP contribution in [-0.2, 0) is 14.4 Å². The third kappa shape index (κ3) is 2.64. The largest absolute Gasteiger partial charge is 0.355 e. The van der Waals surface area contributed by atoms with Crippen LogP contribution in [0.3, 0.4) is 0 Å². The standard InChI is InChI=1S/C14H21N3O3/c18-12-3-1-9(7-15-12)14(20)17-6-5-11-10(8-17)2-4-13(19)16-11/h9-11H,1-8H2,(H,15,18)(H,16,19). The Balaban J connectivity index is 1.57. The SMILES string of the molecule is O=C1CCC(C(=O)N2CCC3NC(=O)CCC3C2)CN1. The molecule has 3 aliphatic heterocycles. The number of nitrogens with zero attached hydrogens (tertiary/aromatic N) is 1. The summed E-state index contributed by atoms with van der Waals surface area (Å²) in [6, 6.07) is 0.242. The second-order valence-corrected chi connectivity index (χ2v) is 6.09. The van der Waals surface area contributed by atoms with E-state index in [9.17, 15) is 14.4 Å². The number of hydrogen-bond donors (Lipinski definition) is 2. The summed E-state index contributed by atoms with van der Waals surface area (Å²) >= 11 is 0. The predicted molar refractivity (Wildman–Crippen MR) is 71.6 cm³/mol. The van der Waals surface area contributed by atoms with Gasteiger partial charge in [0, 0.05) is 38.5 Å². The number of hydrogen-bond acceptors (Lipinski definition) is 3. The Hall–Kier alpha value is -1.59. The quantitative estimate of drug-likeness (QED) is 0.688. The average molecular weight is 279 g/mol. The van der Waals surface area contributed by atoms with Gasteiger partial charge in [-0.1, -0.05) is 0 Å². The topological polar surface area (TPSA) is 78.5 Å². The monoisotopic (exact) mass is 279 g/mol. The number of likely N-dealkylation sites (tertiary alicyclic amines) is 1. The molecule has 20 heavy (non-hydrogen) atoms. The lowest BCUT2D eigenvalue weighted by molar-refractivity contribution is -0.140. The molecule has 3 unspecified atom stereocenters. The Kier molecular flexibility index (Phi) is 3.63. The van der Waals surface area contributed by atoms with E-state index >= 15 is 0 Å². The first-order valence-corrected chi connectivity index (χ1v) is 7.48. The minimum atomic E-state index is -0.0672. The number of rotatable bonds is 1. The van der Waals surface area contributed by atoms with Crippen LogP contribution < -0.4 is 10.6 Å². The number of amides is 3. The number of carbonyl (C=O) groups is 3. The summed E-state index contributed by atoms with van der Waals surface area (Å²) in [6.45, 7) is 1.93. The molecule has 110 valence electrons. The first kappa shape index (κ1) is 13.4. The molecule has 3 rings (SSSR count). The molecule has 0 aromatic heterocycles. The first-order chi connectivity index (χ1) is 9.63. The molecule has 3 heterocycles. The molecule has 3 atom stereocenters. The highest BCUT2D eigenvalue weighted by Crippen LogP contribution is 2.27. The molecule has 0 aromatic carbocycles. The molecule has 6 heteroatoms. The smallest absolute Gasteiger partial charge is 0.227 e. The lowest BCUT2D eigenvalue weighted by atomic mass is 9.84. The maximum absolute atomic E-state index is 12.5.